The molecule has 0 bridgehead atoms. The van der Waals surface area contributed by atoms with E-state index in [2.05, 4.69) is 19.2 Å². The smallest absolute Gasteiger partial charge is 0.231 e. The highest BCUT2D eigenvalue weighted by atomic mass is 16.5. The van der Waals surface area contributed by atoms with Crippen LogP contribution in [0.1, 0.15) is 71.9 Å². The molecule has 1 aromatic rings. The zero-order valence-corrected chi connectivity index (χ0v) is 21.8. The van der Waals surface area contributed by atoms with Crippen molar-refractivity contribution in [2.24, 2.45) is 28.5 Å². The second-order valence-electron chi connectivity index (χ2n) is 11.4. The topological polar surface area (TPSA) is 106 Å². The van der Waals surface area contributed by atoms with E-state index in [-0.39, 0.29) is 53.2 Å². The van der Waals surface area contributed by atoms with E-state index in [4.69, 9.17) is 20.2 Å². The van der Waals surface area contributed by atoms with E-state index in [0.717, 1.165) is 11.3 Å². The van der Waals surface area contributed by atoms with Gasteiger partial charge in [-0.2, -0.15) is 0 Å². The van der Waals surface area contributed by atoms with Crippen LogP contribution < -0.4 is 15.8 Å². The third-order valence-corrected chi connectivity index (χ3v) is 7.95. The van der Waals surface area contributed by atoms with Gasteiger partial charge in [-0.15, -0.1) is 0 Å². The predicted octanol–water partition coefficient (Wildman–Crippen LogP) is 3.41. The Bertz CT molecular complexity index is 1010. The summed E-state index contributed by atoms with van der Waals surface area (Å²) in [7, 11) is 1.64. The molecule has 0 saturated heterocycles. The summed E-state index contributed by atoms with van der Waals surface area (Å²) >= 11 is 0. The molecule has 0 spiro atoms. The van der Waals surface area contributed by atoms with Crippen molar-refractivity contribution in [3.63, 3.8) is 0 Å². The number of hydrogen-bond acceptors (Lipinski definition) is 6. The van der Waals surface area contributed by atoms with Crippen molar-refractivity contribution in [3.8, 4) is 5.75 Å². The molecule has 2 aliphatic heterocycles. The molecule has 3 aliphatic rings. The van der Waals surface area contributed by atoms with Crippen molar-refractivity contribution in [3.05, 3.63) is 29.8 Å². The Morgan fingerprint density at radius 2 is 2.03 bits per heavy atom. The van der Waals surface area contributed by atoms with Gasteiger partial charge in [0.1, 0.15) is 11.4 Å². The molecule has 35 heavy (non-hydrogen) atoms. The second-order valence-corrected chi connectivity index (χ2v) is 11.4. The number of amides is 2. The van der Waals surface area contributed by atoms with Crippen LogP contribution in [0.4, 0.5) is 0 Å². The van der Waals surface area contributed by atoms with Crippen molar-refractivity contribution < 1.29 is 19.1 Å². The molecule has 0 aromatic heterocycles. The normalized spacial score (nSPS) is 30.3. The lowest BCUT2D eigenvalue weighted by Gasteiger charge is -2.41. The number of nitrogens with two attached hydrogens (primary N) is 1. The number of nitrogens with one attached hydrogen (secondary N) is 1. The van der Waals surface area contributed by atoms with Gasteiger partial charge >= 0.3 is 0 Å². The highest BCUT2D eigenvalue weighted by Gasteiger charge is 2.53. The van der Waals surface area contributed by atoms with Crippen molar-refractivity contribution in [1.29, 1.82) is 0 Å². The molecule has 4 rings (SSSR count). The zero-order valence-electron chi connectivity index (χ0n) is 21.8. The minimum atomic E-state index is -0.507. The lowest BCUT2D eigenvalue weighted by molar-refractivity contribution is -0.133. The fourth-order valence-electron chi connectivity index (χ4n) is 5.49. The van der Waals surface area contributed by atoms with Gasteiger partial charge in [-0.05, 0) is 51.5 Å². The maximum atomic E-state index is 13.4. The quantitative estimate of drug-likeness (QED) is 0.588. The van der Waals surface area contributed by atoms with Gasteiger partial charge in [0.05, 0.1) is 18.0 Å². The van der Waals surface area contributed by atoms with Crippen molar-refractivity contribution in [2.45, 2.75) is 83.5 Å². The number of rotatable bonds is 8. The van der Waals surface area contributed by atoms with Gasteiger partial charge in [-0.1, -0.05) is 32.0 Å². The van der Waals surface area contributed by atoms with Crippen LogP contribution in [0.5, 0.6) is 5.75 Å². The minimum absolute atomic E-state index is 0.0157. The van der Waals surface area contributed by atoms with Gasteiger partial charge in [0.25, 0.3) is 0 Å². The molecule has 1 aliphatic carbocycles. The fraction of sp³-hybridized carbons (Fsp3) is 0.667. The number of aliphatic imine (C=N–C) groups is 1. The van der Waals surface area contributed by atoms with Gasteiger partial charge in [-0.25, -0.2) is 4.99 Å². The summed E-state index contributed by atoms with van der Waals surface area (Å²) in [5.74, 6) is 1.10. The maximum Gasteiger partial charge on any atom is 0.231 e. The molecule has 1 fully saturated rings. The van der Waals surface area contributed by atoms with Crippen LogP contribution in [0.25, 0.3) is 0 Å². The van der Waals surface area contributed by atoms with Gasteiger partial charge in [-0.3, -0.25) is 14.5 Å². The number of benzene rings is 1. The first-order valence-corrected chi connectivity index (χ1v) is 12.7. The van der Waals surface area contributed by atoms with Crippen LogP contribution in [0.3, 0.4) is 0 Å². The number of methoxy groups -OCH3 is 1. The molecule has 1 aromatic carbocycles. The number of carbonyl (C=O) groups is 2. The average Bonchev–Trinajstić information content (AvgIpc) is 3.55. The number of carbonyl (C=O) groups excluding carboxylic acids is 2. The van der Waals surface area contributed by atoms with E-state index in [1.54, 1.807) is 12.0 Å². The Hall–Kier alpha value is -2.61. The number of nitrogens with zero attached hydrogens (tertiary/aromatic N) is 2. The first kappa shape index (κ1) is 25.5. The molecule has 1 saturated carbocycles. The number of ether oxygens (including phenoxy) is 2. The number of guanidine groups is 1. The van der Waals surface area contributed by atoms with E-state index in [0.29, 0.717) is 32.3 Å². The molecule has 5 atom stereocenters. The third-order valence-electron chi connectivity index (χ3n) is 7.95. The SMILES string of the molecule is COCC[C@H]([C@@H]1C[C@H]1C(=O)N[C@H]1CC(C)(C)Oc2ccccc21)N1C(=O)C[C@@](C)(C(C)C)N=C1N. The Morgan fingerprint density at radius 1 is 1.31 bits per heavy atom. The molecular formula is C27H40N4O4. The number of fused-ring (bicyclic) bond motifs is 1. The molecule has 192 valence electrons. The Balaban J connectivity index is 1.50. The number of para-hydroxylation sites is 1. The monoisotopic (exact) mass is 484 g/mol. The van der Waals surface area contributed by atoms with Gasteiger partial charge in [0.2, 0.25) is 11.8 Å². The molecule has 8 heteroatoms. The minimum Gasteiger partial charge on any atom is -0.487 e. The Morgan fingerprint density at radius 3 is 2.69 bits per heavy atom. The van der Waals surface area contributed by atoms with Gasteiger partial charge in [0.15, 0.2) is 5.96 Å². The lowest BCUT2D eigenvalue weighted by Crippen LogP contribution is -2.57. The number of hydrogen-bond donors (Lipinski definition) is 2. The lowest BCUT2D eigenvalue weighted by atomic mass is 9.84. The highest BCUT2D eigenvalue weighted by molar-refractivity contribution is 5.99. The summed E-state index contributed by atoms with van der Waals surface area (Å²) < 4.78 is 11.4. The molecule has 2 heterocycles. The van der Waals surface area contributed by atoms with Crippen molar-refractivity contribution >= 4 is 17.8 Å². The standard InChI is InChI=1S/C27H40N4O4/c1-16(2)27(5)15-23(32)31(25(28)30-27)21(11-12-34-6)18-13-19(18)24(33)29-20-14-26(3,4)35-22-10-8-7-9-17(20)22/h7-10,16,18-21H,11-15H2,1-6H3,(H2,28,30)(H,29,33)/t18-,19-,20+,21-,27+/m1/s1. The Labute approximate surface area is 208 Å². The summed E-state index contributed by atoms with van der Waals surface area (Å²) in [6.45, 7) is 10.6. The summed E-state index contributed by atoms with van der Waals surface area (Å²) in [6, 6.07) is 7.55. The molecule has 8 nitrogen and oxygen atoms in total. The van der Waals surface area contributed by atoms with Crippen LogP contribution in [0.15, 0.2) is 29.3 Å². The molecule has 2 amide bonds. The van der Waals surface area contributed by atoms with E-state index in [1.807, 2.05) is 45.0 Å². The summed E-state index contributed by atoms with van der Waals surface area (Å²) in [4.78, 5) is 33.0. The molecule has 3 N–H and O–H groups in total. The largest absolute Gasteiger partial charge is 0.487 e. The van der Waals surface area contributed by atoms with Gasteiger partial charge < -0.3 is 20.5 Å². The van der Waals surface area contributed by atoms with Crippen LogP contribution in [0, 0.1) is 17.8 Å². The van der Waals surface area contributed by atoms with Crippen LogP contribution in [-0.4, -0.2) is 53.6 Å². The van der Waals surface area contributed by atoms with Crippen LogP contribution >= 0.6 is 0 Å². The Kier molecular flexibility index (Phi) is 6.88. The van der Waals surface area contributed by atoms with E-state index in [9.17, 15) is 9.59 Å². The third kappa shape index (κ3) is 5.17. The predicted molar refractivity (Wildman–Crippen MR) is 135 cm³/mol. The van der Waals surface area contributed by atoms with Crippen LogP contribution in [-0.2, 0) is 14.3 Å². The highest BCUT2D eigenvalue weighted by Crippen LogP contribution is 2.47. The maximum absolute atomic E-state index is 13.4. The molecular weight excluding hydrogens is 444 g/mol. The van der Waals surface area contributed by atoms with Crippen molar-refractivity contribution in [2.75, 3.05) is 13.7 Å². The fourth-order valence-corrected chi connectivity index (χ4v) is 5.49. The summed E-state index contributed by atoms with van der Waals surface area (Å²) in [5, 5.41) is 3.27. The second kappa shape index (κ2) is 9.45. The summed E-state index contributed by atoms with van der Waals surface area (Å²) in [5.41, 5.74) is 6.50. The zero-order chi connectivity index (χ0) is 25.5. The van der Waals surface area contributed by atoms with E-state index in [1.165, 1.54) is 0 Å². The average molecular weight is 485 g/mol. The van der Waals surface area contributed by atoms with E-state index >= 15 is 0 Å². The molecule has 0 unspecified atom stereocenters. The van der Waals surface area contributed by atoms with Gasteiger partial charge in [0, 0.05) is 37.7 Å². The van der Waals surface area contributed by atoms with Crippen LogP contribution in [0.2, 0.25) is 0 Å². The van der Waals surface area contributed by atoms with Crippen molar-refractivity contribution in [1.82, 2.24) is 10.2 Å². The van der Waals surface area contributed by atoms with E-state index < -0.39 is 5.54 Å². The summed E-state index contributed by atoms with van der Waals surface area (Å²) in [6.07, 6.45) is 2.33. The first-order chi connectivity index (χ1) is 16.5. The molecule has 0 radical (unpaired) electrons. The first-order valence-electron chi connectivity index (χ1n) is 12.7.